The number of H-pyrrole nitrogens is 1. The Labute approximate surface area is 114 Å². The number of carbonyl (C=O) groups is 1. The Morgan fingerprint density at radius 3 is 2.63 bits per heavy atom. The highest BCUT2D eigenvalue weighted by Crippen LogP contribution is 2.18. The molecule has 2 aromatic rings. The van der Waals surface area contributed by atoms with Crippen molar-refractivity contribution in [2.24, 2.45) is 0 Å². The molecule has 19 heavy (non-hydrogen) atoms. The van der Waals surface area contributed by atoms with Gasteiger partial charge in [-0.3, -0.25) is 9.69 Å². The lowest BCUT2D eigenvalue weighted by Gasteiger charge is -2.18. The van der Waals surface area contributed by atoms with Crippen LogP contribution >= 0.6 is 0 Å². The van der Waals surface area contributed by atoms with E-state index in [0.29, 0.717) is 6.54 Å². The number of benzene rings is 1. The largest absolute Gasteiger partial charge is 0.360 e. The van der Waals surface area contributed by atoms with Crippen LogP contribution in [-0.2, 0) is 0 Å². The van der Waals surface area contributed by atoms with Gasteiger partial charge in [-0.15, -0.1) is 0 Å². The first-order valence-corrected chi connectivity index (χ1v) is 6.50. The molecule has 4 nitrogen and oxygen atoms in total. The zero-order valence-electron chi connectivity index (χ0n) is 11.8. The van der Waals surface area contributed by atoms with Gasteiger partial charge in [-0.05, 0) is 27.2 Å². The number of hydrogen-bond acceptors (Lipinski definition) is 3. The molecule has 0 fully saturated rings. The van der Waals surface area contributed by atoms with Crippen LogP contribution in [0.3, 0.4) is 0 Å². The number of nitrogens with zero attached hydrogens (tertiary/aromatic N) is 2. The van der Waals surface area contributed by atoms with Gasteiger partial charge in [0.1, 0.15) is 0 Å². The van der Waals surface area contributed by atoms with Gasteiger partial charge >= 0.3 is 0 Å². The molecule has 2 rings (SSSR count). The molecule has 1 aromatic carbocycles. The average molecular weight is 259 g/mol. The maximum atomic E-state index is 12.3. The van der Waals surface area contributed by atoms with Crippen molar-refractivity contribution in [1.82, 2.24) is 14.8 Å². The summed E-state index contributed by atoms with van der Waals surface area (Å²) in [6.45, 7) is 2.30. The number of aromatic nitrogens is 1. The topological polar surface area (TPSA) is 39.3 Å². The summed E-state index contributed by atoms with van der Waals surface area (Å²) in [4.78, 5) is 19.6. The molecule has 0 spiro atoms. The molecule has 0 bridgehead atoms. The second-order valence-corrected chi connectivity index (χ2v) is 5.21. The van der Waals surface area contributed by atoms with Gasteiger partial charge in [0, 0.05) is 35.8 Å². The van der Waals surface area contributed by atoms with Crippen molar-refractivity contribution in [3.8, 4) is 0 Å². The number of carbonyl (C=O) groups excluding carboxylic acids is 1. The van der Waals surface area contributed by atoms with Crippen molar-refractivity contribution >= 4 is 16.7 Å². The third kappa shape index (κ3) is 3.43. The second-order valence-electron chi connectivity index (χ2n) is 5.21. The molecule has 0 aliphatic carbocycles. The minimum absolute atomic E-state index is 0.165. The normalized spacial score (nSPS) is 11.6. The van der Waals surface area contributed by atoms with Crippen molar-refractivity contribution in [3.63, 3.8) is 0 Å². The lowest BCUT2D eigenvalue weighted by molar-refractivity contribution is 0.0944. The zero-order chi connectivity index (χ0) is 13.8. The number of nitrogens with one attached hydrogen (secondary N) is 1. The van der Waals surface area contributed by atoms with Crippen molar-refractivity contribution in [3.05, 3.63) is 36.0 Å². The molecule has 0 amide bonds. The molecule has 1 heterocycles. The van der Waals surface area contributed by atoms with E-state index in [9.17, 15) is 4.79 Å². The van der Waals surface area contributed by atoms with E-state index >= 15 is 0 Å². The highest BCUT2D eigenvalue weighted by atomic mass is 16.1. The molecule has 1 N–H and O–H groups in total. The van der Waals surface area contributed by atoms with E-state index in [2.05, 4.69) is 14.8 Å². The lowest BCUT2D eigenvalue weighted by atomic mass is 10.1. The Kier molecular flexibility index (Phi) is 4.35. The molecular formula is C15H21N3O. The van der Waals surface area contributed by atoms with E-state index in [-0.39, 0.29) is 5.78 Å². The van der Waals surface area contributed by atoms with Gasteiger partial charge in [-0.1, -0.05) is 18.2 Å². The molecule has 4 heteroatoms. The molecule has 0 unspecified atom stereocenters. The number of likely N-dealkylation sites (N-methyl/N-ethyl adjacent to an activating group) is 2. The van der Waals surface area contributed by atoms with Gasteiger partial charge in [0.15, 0.2) is 5.78 Å². The zero-order valence-corrected chi connectivity index (χ0v) is 11.8. The van der Waals surface area contributed by atoms with Crippen molar-refractivity contribution in [2.45, 2.75) is 0 Å². The summed E-state index contributed by atoms with van der Waals surface area (Å²) in [6.07, 6.45) is 1.81. The molecule has 0 saturated carbocycles. The van der Waals surface area contributed by atoms with Crippen LogP contribution in [-0.4, -0.2) is 61.3 Å². The number of Topliss-reactive ketones (excluding diaryl/α,β-unsaturated/α-hetero) is 1. The van der Waals surface area contributed by atoms with Crippen molar-refractivity contribution in [1.29, 1.82) is 0 Å². The Morgan fingerprint density at radius 2 is 1.89 bits per heavy atom. The van der Waals surface area contributed by atoms with Crippen LogP contribution in [0.2, 0.25) is 0 Å². The first-order valence-electron chi connectivity index (χ1n) is 6.50. The minimum atomic E-state index is 0.165. The first-order chi connectivity index (χ1) is 9.08. The molecule has 0 saturated heterocycles. The van der Waals surface area contributed by atoms with E-state index < -0.39 is 0 Å². The summed E-state index contributed by atoms with van der Waals surface area (Å²) in [5.74, 6) is 0.165. The third-order valence-electron chi connectivity index (χ3n) is 3.23. The first kappa shape index (κ1) is 13.8. The molecule has 1 aromatic heterocycles. The van der Waals surface area contributed by atoms with Gasteiger partial charge in [0.2, 0.25) is 0 Å². The molecule has 0 radical (unpaired) electrons. The van der Waals surface area contributed by atoms with Crippen LogP contribution in [0.5, 0.6) is 0 Å². The summed E-state index contributed by atoms with van der Waals surface area (Å²) < 4.78 is 0. The van der Waals surface area contributed by atoms with Crippen molar-refractivity contribution in [2.75, 3.05) is 40.8 Å². The SMILES string of the molecule is CN(C)CCN(C)CC(=O)c1c[nH]c2ccccc12. The summed E-state index contributed by atoms with van der Waals surface area (Å²) in [7, 11) is 6.06. The van der Waals surface area contributed by atoms with Crippen LogP contribution in [0.1, 0.15) is 10.4 Å². The van der Waals surface area contributed by atoms with Crippen LogP contribution in [0.4, 0.5) is 0 Å². The maximum Gasteiger partial charge on any atom is 0.178 e. The van der Waals surface area contributed by atoms with E-state index in [1.165, 1.54) is 0 Å². The van der Waals surface area contributed by atoms with Crippen molar-refractivity contribution < 1.29 is 4.79 Å². The average Bonchev–Trinajstić information content (AvgIpc) is 2.80. The van der Waals surface area contributed by atoms with Gasteiger partial charge < -0.3 is 9.88 Å². The predicted octanol–water partition coefficient (Wildman–Crippen LogP) is 1.84. The summed E-state index contributed by atoms with van der Waals surface area (Å²) >= 11 is 0. The summed E-state index contributed by atoms with van der Waals surface area (Å²) in [5.41, 5.74) is 1.80. The Bertz CT molecular complexity index is 559. The molecule has 0 atom stereocenters. The number of fused-ring (bicyclic) bond motifs is 1. The Hall–Kier alpha value is -1.65. The van der Waals surface area contributed by atoms with Gasteiger partial charge in [0.05, 0.1) is 6.54 Å². The number of aromatic amines is 1. The number of para-hydroxylation sites is 1. The fraction of sp³-hybridized carbons (Fsp3) is 0.400. The maximum absolute atomic E-state index is 12.3. The second kappa shape index (κ2) is 5.99. The smallest absolute Gasteiger partial charge is 0.178 e. The summed E-state index contributed by atoms with van der Waals surface area (Å²) in [6, 6.07) is 7.90. The molecular weight excluding hydrogens is 238 g/mol. The Morgan fingerprint density at radius 1 is 1.16 bits per heavy atom. The van der Waals surface area contributed by atoms with Crippen LogP contribution < -0.4 is 0 Å². The molecule has 102 valence electrons. The number of ketones is 1. The van der Waals surface area contributed by atoms with E-state index in [0.717, 1.165) is 29.6 Å². The van der Waals surface area contributed by atoms with Crippen LogP contribution in [0.25, 0.3) is 10.9 Å². The molecule has 0 aliphatic heterocycles. The van der Waals surface area contributed by atoms with Gasteiger partial charge in [-0.2, -0.15) is 0 Å². The standard InChI is InChI=1S/C15H21N3O/c1-17(2)8-9-18(3)11-15(19)13-10-16-14-7-5-4-6-12(13)14/h4-7,10,16H,8-9,11H2,1-3H3. The number of hydrogen-bond donors (Lipinski definition) is 1. The van der Waals surface area contributed by atoms with E-state index in [4.69, 9.17) is 0 Å². The van der Waals surface area contributed by atoms with Crippen LogP contribution in [0.15, 0.2) is 30.5 Å². The molecule has 0 aliphatic rings. The van der Waals surface area contributed by atoms with Gasteiger partial charge in [-0.25, -0.2) is 0 Å². The highest BCUT2D eigenvalue weighted by Gasteiger charge is 2.13. The van der Waals surface area contributed by atoms with E-state index in [1.54, 1.807) is 0 Å². The third-order valence-corrected chi connectivity index (χ3v) is 3.23. The lowest BCUT2D eigenvalue weighted by Crippen LogP contribution is -2.32. The number of rotatable bonds is 6. The minimum Gasteiger partial charge on any atom is -0.360 e. The quantitative estimate of drug-likeness (QED) is 0.805. The Balaban J connectivity index is 2.04. The summed E-state index contributed by atoms with van der Waals surface area (Å²) in [5, 5.41) is 1.01. The fourth-order valence-electron chi connectivity index (χ4n) is 2.08. The van der Waals surface area contributed by atoms with Crippen LogP contribution in [0, 0.1) is 0 Å². The monoisotopic (exact) mass is 259 g/mol. The predicted molar refractivity (Wildman–Crippen MR) is 78.7 cm³/mol. The van der Waals surface area contributed by atoms with Gasteiger partial charge in [0.25, 0.3) is 0 Å². The highest BCUT2D eigenvalue weighted by molar-refractivity contribution is 6.08. The fourth-order valence-corrected chi connectivity index (χ4v) is 2.08. The van der Waals surface area contributed by atoms with E-state index in [1.807, 2.05) is 51.6 Å².